The van der Waals surface area contributed by atoms with Crippen molar-refractivity contribution in [1.82, 2.24) is 0 Å². The topological polar surface area (TPSA) is 68.1 Å². The molecule has 1 aliphatic carbocycles. The van der Waals surface area contributed by atoms with Crippen LogP contribution in [-0.4, -0.2) is 37.0 Å². The average molecular weight is 209 g/mol. The van der Waals surface area contributed by atoms with Crippen molar-refractivity contribution < 1.29 is 19.4 Å². The molecule has 5 nitrogen and oxygen atoms in total. The largest absolute Gasteiger partial charge is 0.512 e. The SMILES string of the molecule is COC(=O)C1=C2OCCN=C2CC(O)=C1. The molecule has 0 amide bonds. The highest BCUT2D eigenvalue weighted by Gasteiger charge is 2.27. The van der Waals surface area contributed by atoms with Crippen LogP contribution >= 0.6 is 0 Å². The molecule has 0 unspecified atom stereocenters. The number of methoxy groups -OCH3 is 1. The Morgan fingerprint density at radius 2 is 2.47 bits per heavy atom. The van der Waals surface area contributed by atoms with Gasteiger partial charge in [-0.05, 0) is 6.08 Å². The molecule has 0 aromatic heterocycles. The Hall–Kier alpha value is -1.78. The first kappa shape index (κ1) is 9.76. The van der Waals surface area contributed by atoms with E-state index in [1.807, 2.05) is 0 Å². The van der Waals surface area contributed by atoms with Gasteiger partial charge in [-0.15, -0.1) is 0 Å². The zero-order chi connectivity index (χ0) is 10.8. The summed E-state index contributed by atoms with van der Waals surface area (Å²) in [5.74, 6) is 0.0140. The number of esters is 1. The Morgan fingerprint density at radius 3 is 3.20 bits per heavy atom. The van der Waals surface area contributed by atoms with E-state index in [0.717, 1.165) is 0 Å². The fourth-order valence-corrected chi connectivity index (χ4v) is 1.57. The lowest BCUT2D eigenvalue weighted by Crippen LogP contribution is -2.24. The van der Waals surface area contributed by atoms with Gasteiger partial charge in [0.2, 0.25) is 0 Å². The highest BCUT2D eigenvalue weighted by molar-refractivity contribution is 6.09. The number of fused-ring (bicyclic) bond motifs is 1. The first-order valence-electron chi connectivity index (χ1n) is 4.61. The van der Waals surface area contributed by atoms with Crippen molar-refractivity contribution in [3.05, 3.63) is 23.2 Å². The van der Waals surface area contributed by atoms with Gasteiger partial charge in [0.1, 0.15) is 12.2 Å². The van der Waals surface area contributed by atoms with Crippen molar-refractivity contribution in [2.75, 3.05) is 20.3 Å². The summed E-state index contributed by atoms with van der Waals surface area (Å²) in [5.41, 5.74) is 0.848. The quantitative estimate of drug-likeness (QED) is 0.646. The molecule has 0 aromatic carbocycles. The van der Waals surface area contributed by atoms with Crippen molar-refractivity contribution in [3.63, 3.8) is 0 Å². The number of nitrogens with zero attached hydrogens (tertiary/aromatic N) is 1. The molecular weight excluding hydrogens is 198 g/mol. The number of hydrogen-bond donors (Lipinski definition) is 1. The molecule has 0 fully saturated rings. The normalized spacial score (nSPS) is 19.8. The molecule has 0 bridgehead atoms. The van der Waals surface area contributed by atoms with E-state index >= 15 is 0 Å². The number of carbonyl (C=O) groups is 1. The summed E-state index contributed by atoms with van der Waals surface area (Å²) in [6.07, 6.45) is 1.68. The van der Waals surface area contributed by atoms with Gasteiger partial charge in [0.25, 0.3) is 0 Å². The first-order valence-corrected chi connectivity index (χ1v) is 4.61. The highest BCUT2D eigenvalue weighted by Crippen LogP contribution is 2.24. The van der Waals surface area contributed by atoms with Gasteiger partial charge in [0, 0.05) is 0 Å². The van der Waals surface area contributed by atoms with Crippen LogP contribution in [0.5, 0.6) is 0 Å². The van der Waals surface area contributed by atoms with Crippen LogP contribution in [-0.2, 0) is 14.3 Å². The fraction of sp³-hybridized carbons (Fsp3) is 0.400. The molecule has 0 aromatic rings. The average Bonchev–Trinajstić information content (AvgIpc) is 2.26. The number of hydrogen-bond acceptors (Lipinski definition) is 5. The molecule has 0 saturated carbocycles. The molecule has 0 atom stereocenters. The maximum Gasteiger partial charge on any atom is 0.341 e. The zero-order valence-corrected chi connectivity index (χ0v) is 8.32. The minimum atomic E-state index is -0.522. The van der Waals surface area contributed by atoms with Crippen molar-refractivity contribution in [3.8, 4) is 0 Å². The Kier molecular flexibility index (Phi) is 2.45. The van der Waals surface area contributed by atoms with Crippen LogP contribution in [0.4, 0.5) is 0 Å². The molecule has 5 heteroatoms. The summed E-state index contributed by atoms with van der Waals surface area (Å²) < 4.78 is 9.96. The van der Waals surface area contributed by atoms with E-state index in [1.54, 1.807) is 0 Å². The predicted molar refractivity (Wildman–Crippen MR) is 52.6 cm³/mol. The van der Waals surface area contributed by atoms with E-state index in [9.17, 15) is 9.90 Å². The van der Waals surface area contributed by atoms with Gasteiger partial charge in [-0.3, -0.25) is 4.99 Å². The van der Waals surface area contributed by atoms with Crippen molar-refractivity contribution in [1.29, 1.82) is 0 Å². The van der Waals surface area contributed by atoms with E-state index in [1.165, 1.54) is 13.2 Å². The van der Waals surface area contributed by atoms with E-state index in [0.29, 0.717) is 31.0 Å². The lowest BCUT2D eigenvalue weighted by Gasteiger charge is -2.22. The zero-order valence-electron chi connectivity index (χ0n) is 8.32. The van der Waals surface area contributed by atoms with Gasteiger partial charge in [-0.25, -0.2) is 4.79 Å². The van der Waals surface area contributed by atoms with Crippen LogP contribution in [0.25, 0.3) is 0 Å². The number of ether oxygens (including phenoxy) is 2. The van der Waals surface area contributed by atoms with E-state index in [-0.39, 0.29) is 11.3 Å². The van der Waals surface area contributed by atoms with E-state index in [4.69, 9.17) is 4.74 Å². The number of aliphatic hydroxyl groups excluding tert-OH is 1. The van der Waals surface area contributed by atoms with Crippen LogP contribution in [0.3, 0.4) is 0 Å². The summed E-state index contributed by atoms with van der Waals surface area (Å²) in [6.45, 7) is 1.01. The second-order valence-electron chi connectivity index (χ2n) is 3.22. The maximum absolute atomic E-state index is 11.4. The third-order valence-corrected chi connectivity index (χ3v) is 2.21. The second-order valence-corrected chi connectivity index (χ2v) is 3.22. The van der Waals surface area contributed by atoms with Gasteiger partial charge < -0.3 is 14.6 Å². The molecular formula is C10H11NO4. The lowest BCUT2D eigenvalue weighted by atomic mass is 10.0. The molecule has 2 aliphatic rings. The summed E-state index contributed by atoms with van der Waals surface area (Å²) in [5, 5.41) is 9.45. The Morgan fingerprint density at radius 1 is 1.67 bits per heavy atom. The van der Waals surface area contributed by atoms with Crippen LogP contribution < -0.4 is 0 Å². The molecule has 80 valence electrons. The summed E-state index contributed by atoms with van der Waals surface area (Å²) in [6, 6.07) is 0. The molecule has 15 heavy (non-hydrogen) atoms. The highest BCUT2D eigenvalue weighted by atomic mass is 16.5. The molecule has 0 radical (unpaired) electrons. The summed E-state index contributed by atoms with van der Waals surface area (Å²) in [4.78, 5) is 15.6. The Bertz CT molecular complexity index is 392. The van der Waals surface area contributed by atoms with Gasteiger partial charge in [-0.2, -0.15) is 0 Å². The van der Waals surface area contributed by atoms with Gasteiger partial charge in [-0.1, -0.05) is 0 Å². The summed E-state index contributed by atoms with van der Waals surface area (Å²) in [7, 11) is 1.29. The number of rotatable bonds is 1. The predicted octanol–water partition coefficient (Wildman–Crippen LogP) is 0.730. The van der Waals surface area contributed by atoms with Crippen LogP contribution in [0.1, 0.15) is 6.42 Å². The number of aliphatic hydroxyl groups is 1. The minimum absolute atomic E-state index is 0.100. The van der Waals surface area contributed by atoms with Gasteiger partial charge in [0.05, 0.1) is 31.5 Å². The lowest BCUT2D eigenvalue weighted by molar-refractivity contribution is -0.136. The minimum Gasteiger partial charge on any atom is -0.512 e. The Balaban J connectivity index is 2.46. The number of carbonyl (C=O) groups excluding carboxylic acids is 1. The monoisotopic (exact) mass is 209 g/mol. The molecule has 1 N–H and O–H groups in total. The van der Waals surface area contributed by atoms with Crippen molar-refractivity contribution >= 4 is 11.7 Å². The Labute approximate surface area is 86.7 Å². The summed E-state index contributed by atoms with van der Waals surface area (Å²) >= 11 is 0. The van der Waals surface area contributed by atoms with E-state index < -0.39 is 5.97 Å². The standard InChI is InChI=1S/C10H11NO4/c1-14-10(13)7-4-6(12)5-8-9(7)15-3-2-11-8/h4,12H,2-3,5H2,1H3. The molecule has 2 rings (SSSR count). The van der Waals surface area contributed by atoms with Gasteiger partial charge in [0.15, 0.2) is 5.76 Å². The fourth-order valence-electron chi connectivity index (χ4n) is 1.57. The van der Waals surface area contributed by atoms with Crippen molar-refractivity contribution in [2.24, 2.45) is 4.99 Å². The third kappa shape index (κ3) is 1.72. The van der Waals surface area contributed by atoms with E-state index in [2.05, 4.69) is 9.73 Å². The molecule has 1 aliphatic heterocycles. The van der Waals surface area contributed by atoms with Crippen LogP contribution in [0, 0.1) is 0 Å². The third-order valence-electron chi connectivity index (χ3n) is 2.21. The first-order chi connectivity index (χ1) is 7.22. The maximum atomic E-state index is 11.4. The van der Waals surface area contributed by atoms with Crippen LogP contribution in [0.15, 0.2) is 28.2 Å². The number of allylic oxidation sites excluding steroid dienone is 2. The van der Waals surface area contributed by atoms with Crippen LogP contribution in [0.2, 0.25) is 0 Å². The molecule has 1 heterocycles. The number of aliphatic imine (C=N–C) groups is 1. The smallest absolute Gasteiger partial charge is 0.341 e. The van der Waals surface area contributed by atoms with Crippen molar-refractivity contribution in [2.45, 2.75) is 6.42 Å². The second kappa shape index (κ2) is 3.76. The molecule has 0 spiro atoms. The molecule has 0 saturated heterocycles. The van der Waals surface area contributed by atoms with Gasteiger partial charge >= 0.3 is 5.97 Å².